The molecule has 0 aliphatic carbocycles. The van der Waals surface area contributed by atoms with E-state index in [1.165, 1.54) is 16.0 Å². The van der Waals surface area contributed by atoms with Crippen LogP contribution in [0.1, 0.15) is 47.7 Å². The molecule has 0 saturated heterocycles. The normalized spacial score (nSPS) is 12.6. The fourth-order valence-corrected chi connectivity index (χ4v) is 3.30. The van der Waals surface area contributed by atoms with E-state index in [1.807, 2.05) is 6.20 Å². The van der Waals surface area contributed by atoms with Gasteiger partial charge in [0.25, 0.3) is 0 Å². The first-order chi connectivity index (χ1) is 11.0. The molecule has 0 spiro atoms. The minimum absolute atomic E-state index is 0. The molecule has 1 heterocycles. The lowest BCUT2D eigenvalue weighted by Gasteiger charge is -2.15. The zero-order chi connectivity index (χ0) is 16.8. The van der Waals surface area contributed by atoms with Crippen molar-refractivity contribution in [2.45, 2.75) is 46.5 Å². The maximum Gasteiger partial charge on any atom is 0.193 e. The molecule has 6 heteroatoms. The molecule has 0 radical (unpaired) electrons. The van der Waals surface area contributed by atoms with Gasteiger partial charge < -0.3 is 11.1 Å². The van der Waals surface area contributed by atoms with E-state index in [0.29, 0.717) is 12.5 Å². The lowest BCUT2D eigenvalue weighted by Crippen LogP contribution is -2.25. The number of para-hydroxylation sites is 1. The van der Waals surface area contributed by atoms with Crippen LogP contribution in [0.2, 0.25) is 0 Å². The number of thiazole rings is 1. The number of aryl methyl sites for hydroxylation is 3. The Morgan fingerprint density at radius 2 is 1.92 bits per heavy atom. The molecule has 2 rings (SSSR count). The highest BCUT2D eigenvalue weighted by molar-refractivity contribution is 14.0. The van der Waals surface area contributed by atoms with Crippen LogP contribution in [0.3, 0.4) is 0 Å². The van der Waals surface area contributed by atoms with Crippen molar-refractivity contribution < 1.29 is 0 Å². The fourth-order valence-electron chi connectivity index (χ4n) is 2.48. The van der Waals surface area contributed by atoms with Gasteiger partial charge in [-0.15, -0.1) is 35.3 Å². The maximum atomic E-state index is 6.11. The number of halogens is 1. The van der Waals surface area contributed by atoms with Gasteiger partial charge in [0.2, 0.25) is 0 Å². The van der Waals surface area contributed by atoms with Crippen molar-refractivity contribution in [3.63, 3.8) is 0 Å². The molecule has 0 aliphatic heterocycles. The molecule has 132 valence electrons. The van der Waals surface area contributed by atoms with Crippen molar-refractivity contribution in [3.8, 4) is 0 Å². The second-order valence-corrected chi connectivity index (χ2v) is 6.99. The van der Waals surface area contributed by atoms with E-state index in [4.69, 9.17) is 5.73 Å². The summed E-state index contributed by atoms with van der Waals surface area (Å²) in [6.07, 6.45) is 3.85. The first-order valence-electron chi connectivity index (χ1n) is 8.15. The van der Waals surface area contributed by atoms with Gasteiger partial charge >= 0.3 is 0 Å². The largest absolute Gasteiger partial charge is 0.370 e. The van der Waals surface area contributed by atoms with Gasteiger partial charge in [-0.2, -0.15) is 0 Å². The van der Waals surface area contributed by atoms with Gasteiger partial charge in [0.05, 0.1) is 11.6 Å². The third-order valence-corrected chi connectivity index (χ3v) is 4.99. The number of hydrogen-bond donors (Lipinski definition) is 2. The number of anilines is 1. The molecule has 3 N–H and O–H groups in total. The molecule has 2 aromatic rings. The second kappa shape index (κ2) is 9.98. The van der Waals surface area contributed by atoms with Gasteiger partial charge in [0.1, 0.15) is 0 Å². The lowest BCUT2D eigenvalue weighted by atomic mass is 10.0. The van der Waals surface area contributed by atoms with E-state index in [1.54, 1.807) is 11.3 Å². The SMILES string of the molecule is CCc1cccc(CC)c1NC(N)=NCC(C)c1ncc(C)s1.I. The summed E-state index contributed by atoms with van der Waals surface area (Å²) in [5, 5.41) is 4.42. The fraction of sp³-hybridized carbons (Fsp3) is 0.444. The number of guanidine groups is 1. The molecule has 1 atom stereocenters. The molecular weight excluding hydrogens is 431 g/mol. The summed E-state index contributed by atoms with van der Waals surface area (Å²) in [4.78, 5) is 10.2. The number of nitrogens with two attached hydrogens (primary N) is 1. The Bertz CT molecular complexity index is 659. The van der Waals surface area contributed by atoms with Crippen molar-refractivity contribution in [1.29, 1.82) is 0 Å². The number of aromatic nitrogens is 1. The molecule has 0 saturated carbocycles. The molecule has 1 aromatic heterocycles. The van der Waals surface area contributed by atoms with Crippen molar-refractivity contribution in [2.75, 3.05) is 11.9 Å². The number of hydrogen-bond acceptors (Lipinski definition) is 3. The zero-order valence-electron chi connectivity index (χ0n) is 14.8. The van der Waals surface area contributed by atoms with Crippen molar-refractivity contribution in [2.24, 2.45) is 10.7 Å². The summed E-state index contributed by atoms with van der Waals surface area (Å²) in [5.41, 5.74) is 9.75. The van der Waals surface area contributed by atoms with Crippen molar-refractivity contribution in [3.05, 3.63) is 45.4 Å². The van der Waals surface area contributed by atoms with Crippen LogP contribution in [0.5, 0.6) is 0 Å². The molecule has 24 heavy (non-hydrogen) atoms. The highest BCUT2D eigenvalue weighted by Crippen LogP contribution is 2.23. The van der Waals surface area contributed by atoms with E-state index in [2.05, 4.69) is 61.2 Å². The average Bonchev–Trinajstić information content (AvgIpc) is 2.99. The molecule has 0 aliphatic rings. The van der Waals surface area contributed by atoms with E-state index in [9.17, 15) is 0 Å². The van der Waals surface area contributed by atoms with E-state index in [-0.39, 0.29) is 29.9 Å². The summed E-state index contributed by atoms with van der Waals surface area (Å²) >= 11 is 1.72. The average molecular weight is 458 g/mol. The maximum absolute atomic E-state index is 6.11. The Labute approximate surface area is 166 Å². The highest BCUT2D eigenvalue weighted by Gasteiger charge is 2.10. The Kier molecular flexibility index (Phi) is 8.69. The van der Waals surface area contributed by atoms with Gasteiger partial charge in [0.15, 0.2) is 5.96 Å². The van der Waals surface area contributed by atoms with E-state index in [0.717, 1.165) is 23.5 Å². The Morgan fingerprint density at radius 3 is 2.42 bits per heavy atom. The van der Waals surface area contributed by atoms with Crippen molar-refractivity contribution in [1.82, 2.24) is 4.98 Å². The van der Waals surface area contributed by atoms with Crippen LogP contribution in [0, 0.1) is 6.92 Å². The smallest absolute Gasteiger partial charge is 0.193 e. The number of nitrogens with zero attached hydrogens (tertiary/aromatic N) is 2. The molecular formula is C18H27IN4S. The topological polar surface area (TPSA) is 63.3 Å². The standard InChI is InChI=1S/C18H26N4S.HI/c1-5-14-8-7-9-15(6-2)16(14)22-18(19)21-10-12(3)17-20-11-13(4)23-17;/h7-9,11-12H,5-6,10H2,1-4H3,(H3,19,21,22);1H. The minimum atomic E-state index is 0. The summed E-state index contributed by atoms with van der Waals surface area (Å²) in [5.74, 6) is 0.752. The predicted octanol–water partition coefficient (Wildman–Crippen LogP) is 4.72. The van der Waals surface area contributed by atoms with Gasteiger partial charge in [-0.1, -0.05) is 39.0 Å². The third-order valence-electron chi connectivity index (χ3n) is 3.85. The first-order valence-corrected chi connectivity index (χ1v) is 8.96. The van der Waals surface area contributed by atoms with Crippen LogP contribution in [-0.4, -0.2) is 17.5 Å². The van der Waals surface area contributed by atoms with Crippen LogP contribution in [0.4, 0.5) is 5.69 Å². The van der Waals surface area contributed by atoms with Gasteiger partial charge in [-0.3, -0.25) is 4.99 Å². The monoisotopic (exact) mass is 458 g/mol. The Balaban J connectivity index is 0.00000288. The number of benzene rings is 1. The molecule has 0 fully saturated rings. The van der Waals surface area contributed by atoms with E-state index >= 15 is 0 Å². The predicted molar refractivity (Wildman–Crippen MR) is 116 cm³/mol. The molecule has 1 aromatic carbocycles. The highest BCUT2D eigenvalue weighted by atomic mass is 127. The van der Waals surface area contributed by atoms with Gasteiger partial charge in [0, 0.05) is 22.7 Å². The molecule has 4 nitrogen and oxygen atoms in total. The van der Waals surface area contributed by atoms with Crippen LogP contribution < -0.4 is 11.1 Å². The van der Waals surface area contributed by atoms with Crippen LogP contribution in [0.15, 0.2) is 29.4 Å². The molecule has 0 amide bonds. The van der Waals surface area contributed by atoms with Gasteiger partial charge in [-0.05, 0) is 30.9 Å². The molecule has 1 unspecified atom stereocenters. The first kappa shape index (κ1) is 20.9. The summed E-state index contributed by atoms with van der Waals surface area (Å²) < 4.78 is 0. The number of rotatable bonds is 6. The minimum Gasteiger partial charge on any atom is -0.370 e. The third kappa shape index (κ3) is 5.44. The Morgan fingerprint density at radius 1 is 1.29 bits per heavy atom. The van der Waals surface area contributed by atoms with Crippen LogP contribution in [-0.2, 0) is 12.8 Å². The van der Waals surface area contributed by atoms with Gasteiger partial charge in [-0.25, -0.2) is 4.98 Å². The Hall–Kier alpha value is -1.15. The quantitative estimate of drug-likeness (QED) is 0.374. The summed E-state index contributed by atoms with van der Waals surface area (Å²) in [6.45, 7) is 9.15. The van der Waals surface area contributed by atoms with Crippen LogP contribution in [0.25, 0.3) is 0 Å². The molecule has 0 bridgehead atoms. The summed E-state index contributed by atoms with van der Waals surface area (Å²) in [7, 11) is 0. The summed E-state index contributed by atoms with van der Waals surface area (Å²) in [6, 6.07) is 6.37. The van der Waals surface area contributed by atoms with Crippen LogP contribution >= 0.6 is 35.3 Å². The second-order valence-electron chi connectivity index (χ2n) is 5.72. The van der Waals surface area contributed by atoms with Crippen molar-refractivity contribution >= 4 is 47.0 Å². The zero-order valence-corrected chi connectivity index (χ0v) is 17.9. The number of aliphatic imine (C=N–C) groups is 1. The van der Waals surface area contributed by atoms with E-state index < -0.39 is 0 Å². The number of nitrogens with one attached hydrogen (secondary N) is 1. The lowest BCUT2D eigenvalue weighted by molar-refractivity contribution is 0.766.